The molecular formula is C14H19N3O4. The molecule has 0 bridgehead atoms. The van der Waals surface area contributed by atoms with Crippen molar-refractivity contribution in [2.45, 2.75) is 20.3 Å². The molecule has 7 nitrogen and oxygen atoms in total. The molecule has 21 heavy (non-hydrogen) atoms. The Labute approximate surface area is 122 Å². The second-order valence-corrected chi connectivity index (χ2v) is 4.42. The van der Waals surface area contributed by atoms with Gasteiger partial charge in [-0.25, -0.2) is 9.59 Å². The number of carbonyl (C=O) groups excluding carboxylic acids is 2. The smallest absolute Gasteiger partial charge is 0.335 e. The number of carboxylic acids is 1. The standard InChI is InChI=1S/C14H19N3O4/c1-3-15-12(18)6-7-16-14(21)17-10-4-5-11(13(19)20)9(2)8-10/h4-5,8H,3,6-7H2,1-2H3,(H,15,18)(H,19,20)(H2,16,17,21). The number of hydrogen-bond donors (Lipinski definition) is 4. The third-order valence-corrected chi connectivity index (χ3v) is 2.73. The van der Waals surface area contributed by atoms with Crippen LogP contribution < -0.4 is 16.0 Å². The van der Waals surface area contributed by atoms with E-state index in [0.717, 1.165) is 0 Å². The summed E-state index contributed by atoms with van der Waals surface area (Å²) < 4.78 is 0. The number of anilines is 1. The normalized spacial score (nSPS) is 9.81. The summed E-state index contributed by atoms with van der Waals surface area (Å²) in [7, 11) is 0. The van der Waals surface area contributed by atoms with Gasteiger partial charge in [-0.05, 0) is 37.6 Å². The number of amides is 3. The van der Waals surface area contributed by atoms with E-state index >= 15 is 0 Å². The number of aromatic carboxylic acids is 1. The highest BCUT2D eigenvalue weighted by Crippen LogP contribution is 2.15. The Morgan fingerprint density at radius 2 is 1.90 bits per heavy atom. The third kappa shape index (κ3) is 5.52. The van der Waals surface area contributed by atoms with E-state index in [-0.39, 0.29) is 24.4 Å². The van der Waals surface area contributed by atoms with E-state index in [1.165, 1.54) is 12.1 Å². The second kappa shape index (κ2) is 7.88. The molecule has 0 aliphatic heterocycles. The zero-order valence-corrected chi connectivity index (χ0v) is 12.0. The Morgan fingerprint density at radius 3 is 2.48 bits per heavy atom. The number of carboxylic acid groups (broad SMARTS) is 1. The van der Waals surface area contributed by atoms with Crippen LogP contribution in [0.25, 0.3) is 0 Å². The molecule has 0 fully saturated rings. The molecule has 0 aromatic heterocycles. The molecular weight excluding hydrogens is 274 g/mol. The average Bonchev–Trinajstić information content (AvgIpc) is 2.38. The van der Waals surface area contributed by atoms with E-state index in [1.54, 1.807) is 13.0 Å². The number of benzene rings is 1. The molecule has 0 aliphatic rings. The molecule has 0 radical (unpaired) electrons. The van der Waals surface area contributed by atoms with Crippen LogP contribution in [-0.4, -0.2) is 36.1 Å². The van der Waals surface area contributed by atoms with Crippen LogP contribution in [0.1, 0.15) is 29.3 Å². The van der Waals surface area contributed by atoms with Crippen molar-refractivity contribution in [1.82, 2.24) is 10.6 Å². The predicted molar refractivity (Wildman–Crippen MR) is 78.5 cm³/mol. The zero-order chi connectivity index (χ0) is 15.8. The Bertz CT molecular complexity index is 543. The van der Waals surface area contributed by atoms with Gasteiger partial charge in [0, 0.05) is 25.2 Å². The van der Waals surface area contributed by atoms with Gasteiger partial charge in [-0.15, -0.1) is 0 Å². The van der Waals surface area contributed by atoms with Gasteiger partial charge in [0.25, 0.3) is 0 Å². The fourth-order valence-corrected chi connectivity index (χ4v) is 1.73. The van der Waals surface area contributed by atoms with Crippen molar-refractivity contribution < 1.29 is 19.5 Å². The molecule has 4 N–H and O–H groups in total. The highest BCUT2D eigenvalue weighted by molar-refractivity contribution is 5.92. The first-order chi connectivity index (χ1) is 9.93. The van der Waals surface area contributed by atoms with Crippen molar-refractivity contribution in [3.8, 4) is 0 Å². The summed E-state index contributed by atoms with van der Waals surface area (Å²) in [5.74, 6) is -1.13. The van der Waals surface area contributed by atoms with Crippen LogP contribution >= 0.6 is 0 Å². The van der Waals surface area contributed by atoms with Crippen molar-refractivity contribution in [3.05, 3.63) is 29.3 Å². The van der Waals surface area contributed by atoms with Gasteiger partial charge in [-0.3, -0.25) is 4.79 Å². The molecule has 1 aromatic rings. The van der Waals surface area contributed by atoms with Crippen LogP contribution in [0.4, 0.5) is 10.5 Å². The summed E-state index contributed by atoms with van der Waals surface area (Å²) in [5.41, 5.74) is 1.24. The van der Waals surface area contributed by atoms with Crippen molar-refractivity contribution in [2.24, 2.45) is 0 Å². The maximum absolute atomic E-state index is 11.6. The fraction of sp³-hybridized carbons (Fsp3) is 0.357. The molecule has 0 aliphatic carbocycles. The van der Waals surface area contributed by atoms with Crippen molar-refractivity contribution in [3.63, 3.8) is 0 Å². The summed E-state index contributed by atoms with van der Waals surface area (Å²) in [4.78, 5) is 33.7. The van der Waals surface area contributed by atoms with Crippen LogP contribution in [0.15, 0.2) is 18.2 Å². The first-order valence-corrected chi connectivity index (χ1v) is 6.59. The van der Waals surface area contributed by atoms with Crippen LogP contribution in [0.2, 0.25) is 0 Å². The monoisotopic (exact) mass is 293 g/mol. The maximum atomic E-state index is 11.6. The number of urea groups is 1. The maximum Gasteiger partial charge on any atom is 0.335 e. The number of rotatable bonds is 6. The SMILES string of the molecule is CCNC(=O)CCNC(=O)Nc1ccc(C(=O)O)c(C)c1. The molecule has 0 saturated heterocycles. The minimum absolute atomic E-state index is 0.126. The van der Waals surface area contributed by atoms with Crippen molar-refractivity contribution in [2.75, 3.05) is 18.4 Å². The molecule has 0 spiro atoms. The largest absolute Gasteiger partial charge is 0.478 e. The summed E-state index contributed by atoms with van der Waals surface area (Å²) in [6, 6.07) is 4.08. The van der Waals surface area contributed by atoms with Gasteiger partial charge in [0.1, 0.15) is 0 Å². The first kappa shape index (κ1) is 16.5. The summed E-state index contributed by atoms with van der Waals surface area (Å²) >= 11 is 0. The number of nitrogens with one attached hydrogen (secondary N) is 3. The highest BCUT2D eigenvalue weighted by Gasteiger charge is 2.08. The lowest BCUT2D eigenvalue weighted by Gasteiger charge is -2.09. The van der Waals surface area contributed by atoms with Crippen molar-refractivity contribution >= 4 is 23.6 Å². The molecule has 0 heterocycles. The van der Waals surface area contributed by atoms with E-state index in [1.807, 2.05) is 6.92 Å². The van der Waals surface area contributed by atoms with Crippen LogP contribution in [-0.2, 0) is 4.79 Å². The number of aryl methyl sites for hydroxylation is 1. The molecule has 0 saturated carbocycles. The van der Waals surface area contributed by atoms with E-state index in [4.69, 9.17) is 5.11 Å². The second-order valence-electron chi connectivity index (χ2n) is 4.42. The average molecular weight is 293 g/mol. The highest BCUT2D eigenvalue weighted by atomic mass is 16.4. The van der Waals surface area contributed by atoms with Gasteiger partial charge >= 0.3 is 12.0 Å². The Kier molecular flexibility index (Phi) is 6.19. The minimum atomic E-state index is -1.01. The quantitative estimate of drug-likeness (QED) is 0.634. The fourth-order valence-electron chi connectivity index (χ4n) is 1.73. The number of carbonyl (C=O) groups is 3. The molecule has 0 atom stereocenters. The summed E-state index contributed by atoms with van der Waals surface area (Å²) in [6.07, 6.45) is 0.207. The number of hydrogen-bond acceptors (Lipinski definition) is 3. The molecule has 0 unspecified atom stereocenters. The molecule has 3 amide bonds. The molecule has 1 aromatic carbocycles. The molecule has 7 heteroatoms. The van der Waals surface area contributed by atoms with Crippen LogP contribution in [0.3, 0.4) is 0 Å². The van der Waals surface area contributed by atoms with Gasteiger partial charge < -0.3 is 21.1 Å². The minimum Gasteiger partial charge on any atom is -0.478 e. The lowest BCUT2D eigenvalue weighted by atomic mass is 10.1. The van der Waals surface area contributed by atoms with Gasteiger partial charge in [-0.1, -0.05) is 0 Å². The summed E-state index contributed by atoms with van der Waals surface area (Å²) in [6.45, 7) is 4.26. The first-order valence-electron chi connectivity index (χ1n) is 6.59. The van der Waals surface area contributed by atoms with Crippen LogP contribution in [0, 0.1) is 6.92 Å². The lowest BCUT2D eigenvalue weighted by Crippen LogP contribution is -2.33. The van der Waals surface area contributed by atoms with Gasteiger partial charge in [-0.2, -0.15) is 0 Å². The molecule has 1 rings (SSSR count). The predicted octanol–water partition coefficient (Wildman–Crippen LogP) is 1.34. The van der Waals surface area contributed by atoms with Gasteiger partial charge in [0.15, 0.2) is 0 Å². The van der Waals surface area contributed by atoms with E-state index in [0.29, 0.717) is 17.8 Å². The molecule has 114 valence electrons. The summed E-state index contributed by atoms with van der Waals surface area (Å²) in [5, 5.41) is 16.7. The van der Waals surface area contributed by atoms with E-state index in [2.05, 4.69) is 16.0 Å². The third-order valence-electron chi connectivity index (χ3n) is 2.73. The van der Waals surface area contributed by atoms with E-state index in [9.17, 15) is 14.4 Å². The van der Waals surface area contributed by atoms with Gasteiger partial charge in [0.05, 0.1) is 5.56 Å². The van der Waals surface area contributed by atoms with Crippen molar-refractivity contribution in [1.29, 1.82) is 0 Å². The Balaban J connectivity index is 2.46. The Morgan fingerprint density at radius 1 is 1.19 bits per heavy atom. The van der Waals surface area contributed by atoms with E-state index < -0.39 is 12.0 Å². The Hall–Kier alpha value is -2.57. The zero-order valence-electron chi connectivity index (χ0n) is 12.0. The van der Waals surface area contributed by atoms with Gasteiger partial charge in [0.2, 0.25) is 5.91 Å². The van der Waals surface area contributed by atoms with Crippen LogP contribution in [0.5, 0.6) is 0 Å². The topological polar surface area (TPSA) is 108 Å². The lowest BCUT2D eigenvalue weighted by molar-refractivity contribution is -0.120.